The largest absolute Gasteiger partial charge is 0.497 e. The van der Waals surface area contributed by atoms with E-state index in [2.05, 4.69) is 37.0 Å². The van der Waals surface area contributed by atoms with Gasteiger partial charge in [-0.3, -0.25) is 4.79 Å². The predicted molar refractivity (Wildman–Crippen MR) is 107 cm³/mol. The van der Waals surface area contributed by atoms with Crippen molar-refractivity contribution in [1.82, 2.24) is 4.98 Å². The molecule has 0 unspecified atom stereocenters. The summed E-state index contributed by atoms with van der Waals surface area (Å²) in [5.41, 5.74) is 5.11. The zero-order chi connectivity index (χ0) is 17.8. The number of nitrogens with zero attached hydrogens (tertiary/aromatic N) is 2. The molecule has 0 aliphatic carbocycles. The molecule has 0 atom stereocenters. The lowest BCUT2D eigenvalue weighted by Gasteiger charge is -2.04. The second kappa shape index (κ2) is 8.72. The smallest absolute Gasteiger partial charge is 0.287 e. The lowest BCUT2D eigenvalue weighted by Crippen LogP contribution is -2.37. The van der Waals surface area contributed by atoms with Gasteiger partial charge in [0.05, 0.1) is 13.3 Å². The molecule has 0 spiro atoms. The number of carbonyl (C=O) groups is 1. The Bertz CT molecular complexity index is 891. The highest BCUT2D eigenvalue weighted by Crippen LogP contribution is 2.21. The van der Waals surface area contributed by atoms with Gasteiger partial charge in [-0.05, 0) is 48.7 Å². The summed E-state index contributed by atoms with van der Waals surface area (Å²) in [7, 11) is 1.61. The molecule has 0 amide bonds. The number of benzene rings is 2. The summed E-state index contributed by atoms with van der Waals surface area (Å²) in [5.74, 6) is 0.775. The molecule has 1 heterocycles. The Kier molecular flexibility index (Phi) is 6.64. The number of Topliss-reactive ketones (excluding diaryl/α,β-unsaturated/α-hetero) is 1. The van der Waals surface area contributed by atoms with Crippen molar-refractivity contribution in [3.05, 3.63) is 77.7 Å². The molecule has 26 heavy (non-hydrogen) atoms. The van der Waals surface area contributed by atoms with E-state index in [9.17, 15) is 4.79 Å². The standard InChI is InChI=1S/C21H21N2O2.BrH/c1-15-4-9-19(16(2)12-15)20-10-11-23(14-22-20)13-21(24)17-5-7-18(25-3)8-6-17;/h4-12,14H,13H2,1-3H3;1H/q+1;. The lowest BCUT2D eigenvalue weighted by atomic mass is 10.0. The zero-order valence-electron chi connectivity index (χ0n) is 15.1. The van der Waals surface area contributed by atoms with Crippen molar-refractivity contribution >= 4 is 22.8 Å². The first-order valence-electron chi connectivity index (χ1n) is 8.17. The molecular formula is C21H22BrN2O2+. The van der Waals surface area contributed by atoms with Crippen LogP contribution in [0.2, 0.25) is 0 Å². The maximum Gasteiger partial charge on any atom is 0.287 e. The van der Waals surface area contributed by atoms with Gasteiger partial charge in [-0.15, -0.1) is 17.0 Å². The second-order valence-electron chi connectivity index (χ2n) is 6.09. The van der Waals surface area contributed by atoms with Crippen LogP contribution in [0.5, 0.6) is 5.75 Å². The number of halogens is 1. The molecule has 2 aromatic carbocycles. The SMILES string of the molecule is Br.COc1ccc(C(=O)C[n+]2ccc(-c3ccc(C)cc3C)nc2)cc1. The lowest BCUT2D eigenvalue weighted by molar-refractivity contribution is -0.686. The first kappa shape index (κ1) is 19.8. The number of aryl methyl sites for hydroxylation is 2. The van der Waals surface area contributed by atoms with Crippen LogP contribution in [0.15, 0.2) is 61.1 Å². The molecule has 0 fully saturated rings. The Morgan fingerprint density at radius 2 is 1.81 bits per heavy atom. The number of rotatable bonds is 5. The summed E-state index contributed by atoms with van der Waals surface area (Å²) in [6.07, 6.45) is 3.60. The molecule has 5 heteroatoms. The normalized spacial score (nSPS) is 10.1. The Balaban J connectivity index is 0.00000243. The number of hydrogen-bond donors (Lipinski definition) is 0. The van der Waals surface area contributed by atoms with E-state index < -0.39 is 0 Å². The van der Waals surface area contributed by atoms with Gasteiger partial charge in [0.2, 0.25) is 5.78 Å². The molecule has 0 saturated heterocycles. The number of hydrogen-bond acceptors (Lipinski definition) is 3. The average molecular weight is 414 g/mol. The van der Waals surface area contributed by atoms with Gasteiger partial charge < -0.3 is 4.74 Å². The Labute approximate surface area is 164 Å². The predicted octanol–water partition coefficient (Wildman–Crippen LogP) is 4.12. The van der Waals surface area contributed by atoms with E-state index in [1.54, 1.807) is 42.3 Å². The molecule has 0 N–H and O–H groups in total. The number of ketones is 1. The van der Waals surface area contributed by atoms with Crippen LogP contribution in [-0.4, -0.2) is 17.9 Å². The fraction of sp³-hybridized carbons (Fsp3) is 0.190. The van der Waals surface area contributed by atoms with Crippen molar-refractivity contribution in [3.63, 3.8) is 0 Å². The molecule has 0 aliphatic heterocycles. The van der Waals surface area contributed by atoms with Crippen molar-refractivity contribution in [2.24, 2.45) is 0 Å². The summed E-state index contributed by atoms with van der Waals surface area (Å²) in [6.45, 7) is 4.42. The Morgan fingerprint density at radius 3 is 2.38 bits per heavy atom. The van der Waals surface area contributed by atoms with Crippen LogP contribution in [0.1, 0.15) is 21.5 Å². The quantitative estimate of drug-likeness (QED) is 0.466. The second-order valence-corrected chi connectivity index (χ2v) is 6.09. The van der Waals surface area contributed by atoms with Crippen molar-refractivity contribution in [3.8, 4) is 17.0 Å². The number of methoxy groups -OCH3 is 1. The first-order valence-corrected chi connectivity index (χ1v) is 8.17. The topological polar surface area (TPSA) is 43.1 Å². The molecule has 1 aromatic heterocycles. The van der Waals surface area contributed by atoms with Crippen molar-refractivity contribution < 1.29 is 14.1 Å². The van der Waals surface area contributed by atoms with E-state index >= 15 is 0 Å². The summed E-state index contributed by atoms with van der Waals surface area (Å²) in [5, 5.41) is 0. The van der Waals surface area contributed by atoms with Gasteiger partial charge in [-0.1, -0.05) is 23.8 Å². The zero-order valence-corrected chi connectivity index (χ0v) is 16.8. The van der Waals surface area contributed by atoms with Gasteiger partial charge in [0, 0.05) is 17.2 Å². The molecule has 134 valence electrons. The molecule has 0 radical (unpaired) electrons. The van der Waals surface area contributed by atoms with Gasteiger partial charge in [-0.2, -0.15) is 0 Å². The number of carbonyl (C=O) groups excluding carboxylic acids is 1. The van der Waals surface area contributed by atoms with E-state index in [0.717, 1.165) is 17.0 Å². The maximum absolute atomic E-state index is 12.4. The molecule has 4 nitrogen and oxygen atoms in total. The summed E-state index contributed by atoms with van der Waals surface area (Å²) < 4.78 is 6.90. The third-order valence-electron chi connectivity index (χ3n) is 4.17. The highest BCUT2D eigenvalue weighted by Gasteiger charge is 2.13. The summed E-state index contributed by atoms with van der Waals surface area (Å²) in [6, 6.07) is 15.4. The average Bonchev–Trinajstić information content (AvgIpc) is 2.63. The van der Waals surface area contributed by atoms with E-state index in [1.165, 1.54) is 11.1 Å². The van der Waals surface area contributed by atoms with Crippen molar-refractivity contribution in [2.75, 3.05) is 7.11 Å². The molecule has 3 aromatic rings. The molecule has 0 bridgehead atoms. The van der Waals surface area contributed by atoms with Crippen LogP contribution in [0, 0.1) is 13.8 Å². The van der Waals surface area contributed by atoms with Crippen LogP contribution < -0.4 is 9.30 Å². The van der Waals surface area contributed by atoms with E-state index in [1.807, 2.05) is 12.3 Å². The minimum absolute atomic E-state index is 0. The van der Waals surface area contributed by atoms with Gasteiger partial charge in [0.15, 0.2) is 12.2 Å². The minimum atomic E-state index is 0. The van der Waals surface area contributed by atoms with Crippen LogP contribution in [0.25, 0.3) is 11.3 Å². The van der Waals surface area contributed by atoms with Gasteiger partial charge >= 0.3 is 0 Å². The van der Waals surface area contributed by atoms with Gasteiger partial charge in [0.1, 0.15) is 5.75 Å². The van der Waals surface area contributed by atoms with Crippen molar-refractivity contribution in [1.29, 1.82) is 0 Å². The summed E-state index contributed by atoms with van der Waals surface area (Å²) >= 11 is 0. The highest BCUT2D eigenvalue weighted by molar-refractivity contribution is 8.93. The van der Waals surface area contributed by atoms with E-state index in [0.29, 0.717) is 5.56 Å². The fourth-order valence-corrected chi connectivity index (χ4v) is 2.77. The number of aromatic nitrogens is 2. The van der Waals surface area contributed by atoms with Crippen molar-refractivity contribution in [2.45, 2.75) is 20.4 Å². The highest BCUT2D eigenvalue weighted by atomic mass is 79.9. The fourth-order valence-electron chi connectivity index (χ4n) is 2.77. The minimum Gasteiger partial charge on any atom is -0.497 e. The Morgan fingerprint density at radius 1 is 1.08 bits per heavy atom. The molecule has 0 aliphatic rings. The van der Waals surface area contributed by atoms with Crippen LogP contribution in [0.4, 0.5) is 0 Å². The van der Waals surface area contributed by atoms with Crippen LogP contribution >= 0.6 is 17.0 Å². The van der Waals surface area contributed by atoms with E-state index in [4.69, 9.17) is 4.74 Å². The van der Waals surface area contributed by atoms with Crippen LogP contribution in [0.3, 0.4) is 0 Å². The molecular weight excluding hydrogens is 392 g/mol. The third kappa shape index (κ3) is 4.55. The molecule has 3 rings (SSSR count). The van der Waals surface area contributed by atoms with Gasteiger partial charge in [-0.25, -0.2) is 4.57 Å². The molecule has 0 saturated carbocycles. The Hall–Kier alpha value is -2.53. The first-order chi connectivity index (χ1) is 12.1. The van der Waals surface area contributed by atoms with Gasteiger partial charge in [0.25, 0.3) is 6.33 Å². The monoisotopic (exact) mass is 413 g/mol. The van der Waals surface area contributed by atoms with E-state index in [-0.39, 0.29) is 29.3 Å². The number of ether oxygens (including phenoxy) is 1. The summed E-state index contributed by atoms with van der Waals surface area (Å²) in [4.78, 5) is 16.9. The maximum atomic E-state index is 12.4. The third-order valence-corrected chi connectivity index (χ3v) is 4.17. The van der Waals surface area contributed by atoms with Crippen LogP contribution in [-0.2, 0) is 6.54 Å².